The molecule has 0 fully saturated rings. The molecule has 1 N–H and O–H groups in total. The third kappa shape index (κ3) is 4.63. The summed E-state index contributed by atoms with van der Waals surface area (Å²) >= 11 is 0. The number of nitrogens with zero attached hydrogens (tertiary/aromatic N) is 2. The summed E-state index contributed by atoms with van der Waals surface area (Å²) in [5.41, 5.74) is 5.13. The Hall–Kier alpha value is -3.18. The second kappa shape index (κ2) is 8.45. The van der Waals surface area contributed by atoms with E-state index in [1.807, 2.05) is 41.1 Å². The van der Waals surface area contributed by atoms with Crippen LogP contribution in [0.25, 0.3) is 16.9 Å². The fraction of sp³-hybridized carbons (Fsp3) is 0.208. The van der Waals surface area contributed by atoms with Crippen LogP contribution in [-0.2, 0) is 6.54 Å². The molecule has 0 radical (unpaired) electrons. The summed E-state index contributed by atoms with van der Waals surface area (Å²) in [5, 5.41) is 3.36. The molecule has 2 heterocycles. The molecule has 0 aliphatic carbocycles. The van der Waals surface area contributed by atoms with Crippen LogP contribution in [0.15, 0.2) is 73.1 Å². The summed E-state index contributed by atoms with van der Waals surface area (Å²) in [5.74, 6) is 0.574. The number of nitrogens with one attached hydrogen (secondary N) is 1. The maximum atomic E-state index is 13.0. The second-order valence-corrected chi connectivity index (χ2v) is 7.14. The number of halogens is 1. The molecule has 0 bridgehead atoms. The molecule has 1 unspecified atom stereocenters. The van der Waals surface area contributed by atoms with Gasteiger partial charge in [0, 0.05) is 24.5 Å². The van der Waals surface area contributed by atoms with E-state index in [2.05, 4.69) is 31.3 Å². The zero-order valence-electron chi connectivity index (χ0n) is 16.6. The van der Waals surface area contributed by atoms with E-state index in [4.69, 9.17) is 9.72 Å². The van der Waals surface area contributed by atoms with Gasteiger partial charge in [0.05, 0.1) is 5.69 Å². The minimum Gasteiger partial charge on any atom is -0.475 e. The van der Waals surface area contributed by atoms with Crippen molar-refractivity contribution in [1.82, 2.24) is 14.7 Å². The van der Waals surface area contributed by atoms with Crippen molar-refractivity contribution in [2.24, 2.45) is 0 Å². The maximum absolute atomic E-state index is 13.0. The van der Waals surface area contributed by atoms with E-state index in [1.54, 1.807) is 12.1 Å². The van der Waals surface area contributed by atoms with Gasteiger partial charge < -0.3 is 9.14 Å². The normalized spacial score (nSPS) is 12.2. The van der Waals surface area contributed by atoms with Crippen LogP contribution in [0, 0.1) is 12.7 Å². The van der Waals surface area contributed by atoms with Crippen molar-refractivity contribution in [3.05, 3.63) is 90.0 Å². The van der Waals surface area contributed by atoms with E-state index < -0.39 is 0 Å². The van der Waals surface area contributed by atoms with Crippen LogP contribution >= 0.6 is 0 Å². The van der Waals surface area contributed by atoms with Crippen LogP contribution in [0.1, 0.15) is 24.5 Å². The summed E-state index contributed by atoms with van der Waals surface area (Å²) in [4.78, 5) is 4.70. The summed E-state index contributed by atoms with van der Waals surface area (Å²) < 4.78 is 21.1. The Morgan fingerprint density at radius 2 is 1.83 bits per heavy atom. The lowest BCUT2D eigenvalue weighted by Gasteiger charge is -2.19. The van der Waals surface area contributed by atoms with Gasteiger partial charge in [0.2, 0.25) is 0 Å². The molecule has 0 spiro atoms. The minimum atomic E-state index is -0.224. The highest BCUT2D eigenvalue weighted by molar-refractivity contribution is 5.63. The summed E-state index contributed by atoms with van der Waals surface area (Å²) in [6.07, 6.45) is 4.75. The summed E-state index contributed by atoms with van der Waals surface area (Å²) in [7, 11) is 0. The molecule has 0 saturated heterocycles. The zero-order valence-corrected chi connectivity index (χ0v) is 16.6. The lowest BCUT2D eigenvalue weighted by Crippen LogP contribution is -2.33. The number of rotatable bonds is 7. The first kappa shape index (κ1) is 19.2. The quantitative estimate of drug-likeness (QED) is 0.433. The van der Waals surface area contributed by atoms with E-state index in [9.17, 15) is 4.39 Å². The number of hydrogen-bond acceptors (Lipinski definition) is 3. The monoisotopic (exact) mass is 389 g/mol. The van der Waals surface area contributed by atoms with Crippen LogP contribution in [0.5, 0.6) is 5.75 Å². The number of hydrogen-bond donors (Lipinski definition) is 1. The van der Waals surface area contributed by atoms with Crippen LogP contribution < -0.4 is 10.1 Å². The van der Waals surface area contributed by atoms with E-state index >= 15 is 0 Å². The van der Waals surface area contributed by atoms with Gasteiger partial charge in [0.25, 0.3) is 0 Å². The molecular weight excluding hydrogens is 365 g/mol. The number of fused-ring (bicyclic) bond motifs is 1. The first-order valence-electron chi connectivity index (χ1n) is 9.81. The molecular formula is C24H24FN3O. The molecule has 4 aromatic rings. The highest BCUT2D eigenvalue weighted by Gasteiger charge is 2.09. The Labute approximate surface area is 170 Å². The van der Waals surface area contributed by atoms with Gasteiger partial charge in [-0.05, 0) is 73.0 Å². The standard InChI is InChI=1S/C24H24FN3O/c1-3-24(26-15-18-4-8-20(25)9-5-18)29-21-10-6-19(7-11-21)22-16-28-13-12-17(2)14-23(28)27-22/h4-14,16,24,26H,3,15H2,1-2H3. The largest absolute Gasteiger partial charge is 0.475 e. The first-order chi connectivity index (χ1) is 14.1. The number of aryl methyl sites for hydroxylation is 1. The van der Waals surface area contributed by atoms with Gasteiger partial charge in [-0.2, -0.15) is 0 Å². The predicted molar refractivity (Wildman–Crippen MR) is 113 cm³/mol. The molecule has 2 aromatic heterocycles. The fourth-order valence-corrected chi connectivity index (χ4v) is 3.19. The number of pyridine rings is 1. The van der Waals surface area contributed by atoms with Crippen molar-refractivity contribution in [2.45, 2.75) is 33.0 Å². The molecule has 1 atom stereocenters. The van der Waals surface area contributed by atoms with E-state index in [0.717, 1.165) is 34.6 Å². The van der Waals surface area contributed by atoms with Gasteiger partial charge in [-0.15, -0.1) is 0 Å². The van der Waals surface area contributed by atoms with Crippen molar-refractivity contribution >= 4 is 5.65 Å². The van der Waals surface area contributed by atoms with E-state index in [1.165, 1.54) is 17.7 Å². The number of benzene rings is 2. The molecule has 148 valence electrons. The van der Waals surface area contributed by atoms with Crippen molar-refractivity contribution in [2.75, 3.05) is 0 Å². The van der Waals surface area contributed by atoms with Gasteiger partial charge >= 0.3 is 0 Å². The molecule has 4 nitrogen and oxygen atoms in total. The molecule has 4 rings (SSSR count). The van der Waals surface area contributed by atoms with Crippen LogP contribution in [0.2, 0.25) is 0 Å². The second-order valence-electron chi connectivity index (χ2n) is 7.14. The first-order valence-corrected chi connectivity index (χ1v) is 9.81. The Bertz CT molecular complexity index is 1090. The van der Waals surface area contributed by atoms with Gasteiger partial charge in [0.15, 0.2) is 0 Å². The summed E-state index contributed by atoms with van der Waals surface area (Å²) in [6.45, 7) is 4.75. The Morgan fingerprint density at radius 1 is 1.07 bits per heavy atom. The van der Waals surface area contributed by atoms with Gasteiger partial charge in [-0.1, -0.05) is 19.1 Å². The number of imidazole rings is 1. The highest BCUT2D eigenvalue weighted by Crippen LogP contribution is 2.23. The average Bonchev–Trinajstić information content (AvgIpc) is 3.16. The lowest BCUT2D eigenvalue weighted by molar-refractivity contribution is 0.157. The Kier molecular flexibility index (Phi) is 5.58. The van der Waals surface area contributed by atoms with E-state index in [-0.39, 0.29) is 12.0 Å². The van der Waals surface area contributed by atoms with Gasteiger partial charge in [-0.3, -0.25) is 5.32 Å². The third-order valence-electron chi connectivity index (χ3n) is 4.86. The van der Waals surface area contributed by atoms with Crippen molar-refractivity contribution in [3.63, 3.8) is 0 Å². The van der Waals surface area contributed by atoms with Crippen LogP contribution in [0.4, 0.5) is 4.39 Å². The molecule has 0 aliphatic rings. The Balaban J connectivity index is 1.41. The fourth-order valence-electron chi connectivity index (χ4n) is 3.19. The van der Waals surface area contributed by atoms with Crippen LogP contribution in [-0.4, -0.2) is 15.6 Å². The van der Waals surface area contributed by atoms with Crippen LogP contribution in [0.3, 0.4) is 0 Å². The topological polar surface area (TPSA) is 38.6 Å². The number of ether oxygens (including phenoxy) is 1. The summed E-state index contributed by atoms with van der Waals surface area (Å²) in [6, 6.07) is 18.6. The van der Waals surface area contributed by atoms with Crippen molar-refractivity contribution in [1.29, 1.82) is 0 Å². The SMILES string of the molecule is CCC(NCc1ccc(F)cc1)Oc1ccc(-c2cn3ccc(C)cc3n2)cc1. The minimum absolute atomic E-state index is 0.121. The molecule has 0 aliphatic heterocycles. The average molecular weight is 389 g/mol. The molecule has 29 heavy (non-hydrogen) atoms. The highest BCUT2D eigenvalue weighted by atomic mass is 19.1. The van der Waals surface area contributed by atoms with Gasteiger partial charge in [-0.25, -0.2) is 9.37 Å². The molecule has 0 saturated carbocycles. The zero-order chi connectivity index (χ0) is 20.2. The molecule has 0 amide bonds. The number of aromatic nitrogens is 2. The van der Waals surface area contributed by atoms with Crippen molar-refractivity contribution in [3.8, 4) is 17.0 Å². The van der Waals surface area contributed by atoms with Crippen molar-refractivity contribution < 1.29 is 9.13 Å². The molecule has 2 aromatic carbocycles. The lowest BCUT2D eigenvalue weighted by atomic mass is 10.1. The Morgan fingerprint density at radius 3 is 2.55 bits per heavy atom. The molecule has 5 heteroatoms. The third-order valence-corrected chi connectivity index (χ3v) is 4.86. The predicted octanol–water partition coefficient (Wildman–Crippen LogP) is 5.35. The smallest absolute Gasteiger partial charge is 0.150 e. The van der Waals surface area contributed by atoms with Gasteiger partial charge in [0.1, 0.15) is 23.4 Å². The van der Waals surface area contributed by atoms with E-state index in [0.29, 0.717) is 6.54 Å². The maximum Gasteiger partial charge on any atom is 0.150 e.